The van der Waals surface area contributed by atoms with Crippen LogP contribution >= 0.6 is 0 Å². The third-order valence-corrected chi connectivity index (χ3v) is 2.80. The van der Waals surface area contributed by atoms with E-state index in [-0.39, 0.29) is 0 Å². The molecule has 0 saturated heterocycles. The zero-order valence-corrected chi connectivity index (χ0v) is 11.9. The van der Waals surface area contributed by atoms with Gasteiger partial charge in [0, 0.05) is 0 Å². The average Bonchev–Trinajstić information content (AvgIpc) is 2.48. The van der Waals surface area contributed by atoms with Gasteiger partial charge in [-0.1, -0.05) is 24.3 Å². The highest BCUT2D eigenvalue weighted by atomic mass is 16.5. The van der Waals surface area contributed by atoms with Crippen LogP contribution in [0.25, 0.3) is 0 Å². The SMILES string of the molecule is COc1ccccc1N=C(C)Nc1ccccc1OC. The summed E-state index contributed by atoms with van der Waals surface area (Å²) in [5.41, 5.74) is 1.67. The Morgan fingerprint density at radius 2 is 1.50 bits per heavy atom. The summed E-state index contributed by atoms with van der Waals surface area (Å²) in [4.78, 5) is 4.53. The summed E-state index contributed by atoms with van der Waals surface area (Å²) < 4.78 is 10.6. The number of anilines is 1. The number of nitrogens with one attached hydrogen (secondary N) is 1. The predicted molar refractivity (Wildman–Crippen MR) is 82.4 cm³/mol. The first kappa shape index (κ1) is 13.9. The van der Waals surface area contributed by atoms with E-state index in [4.69, 9.17) is 9.47 Å². The number of methoxy groups -OCH3 is 2. The van der Waals surface area contributed by atoms with Crippen LogP contribution in [0.4, 0.5) is 11.4 Å². The minimum atomic E-state index is 0.744. The molecule has 4 heteroatoms. The smallest absolute Gasteiger partial charge is 0.144 e. The largest absolute Gasteiger partial charge is 0.495 e. The number of hydrogen-bond acceptors (Lipinski definition) is 3. The van der Waals surface area contributed by atoms with Crippen molar-refractivity contribution in [2.45, 2.75) is 6.92 Å². The summed E-state index contributed by atoms with van der Waals surface area (Å²) in [7, 11) is 3.28. The molecule has 104 valence electrons. The van der Waals surface area contributed by atoms with Gasteiger partial charge in [0.15, 0.2) is 0 Å². The first-order valence-electron chi connectivity index (χ1n) is 6.33. The standard InChI is InChI=1S/C16H18N2O2/c1-12(17-13-8-4-6-10-15(13)19-2)18-14-9-5-7-11-16(14)20-3/h4-11H,1-3H3,(H,17,18). The van der Waals surface area contributed by atoms with E-state index in [1.807, 2.05) is 55.5 Å². The number of para-hydroxylation sites is 4. The van der Waals surface area contributed by atoms with Gasteiger partial charge in [0.2, 0.25) is 0 Å². The molecule has 4 nitrogen and oxygen atoms in total. The van der Waals surface area contributed by atoms with Gasteiger partial charge in [0.05, 0.1) is 19.9 Å². The first-order chi connectivity index (χ1) is 9.74. The Labute approximate surface area is 119 Å². The van der Waals surface area contributed by atoms with Crippen molar-refractivity contribution < 1.29 is 9.47 Å². The highest BCUT2D eigenvalue weighted by molar-refractivity contribution is 5.96. The van der Waals surface area contributed by atoms with E-state index in [2.05, 4.69) is 10.3 Å². The van der Waals surface area contributed by atoms with E-state index >= 15 is 0 Å². The van der Waals surface area contributed by atoms with E-state index < -0.39 is 0 Å². The minimum Gasteiger partial charge on any atom is -0.495 e. The maximum atomic E-state index is 5.30. The highest BCUT2D eigenvalue weighted by Gasteiger charge is 2.04. The molecule has 0 aliphatic rings. The van der Waals surface area contributed by atoms with E-state index in [9.17, 15) is 0 Å². The highest BCUT2D eigenvalue weighted by Crippen LogP contribution is 2.27. The molecule has 2 rings (SSSR count). The second kappa shape index (κ2) is 6.61. The molecule has 0 heterocycles. The number of amidine groups is 1. The maximum Gasteiger partial charge on any atom is 0.144 e. The molecule has 20 heavy (non-hydrogen) atoms. The van der Waals surface area contributed by atoms with Crippen molar-refractivity contribution in [3.8, 4) is 11.5 Å². The van der Waals surface area contributed by atoms with Gasteiger partial charge in [0.25, 0.3) is 0 Å². The molecule has 0 atom stereocenters. The van der Waals surface area contributed by atoms with Crippen LogP contribution < -0.4 is 14.8 Å². The van der Waals surface area contributed by atoms with Gasteiger partial charge in [0.1, 0.15) is 23.0 Å². The van der Waals surface area contributed by atoms with Crippen molar-refractivity contribution in [2.24, 2.45) is 4.99 Å². The van der Waals surface area contributed by atoms with Gasteiger partial charge < -0.3 is 14.8 Å². The molecular formula is C16H18N2O2. The third kappa shape index (κ3) is 3.29. The minimum absolute atomic E-state index is 0.744. The Morgan fingerprint density at radius 1 is 0.900 bits per heavy atom. The molecule has 0 aliphatic heterocycles. The second-order valence-electron chi connectivity index (χ2n) is 4.19. The fourth-order valence-electron chi connectivity index (χ4n) is 1.87. The number of benzene rings is 2. The number of rotatable bonds is 4. The number of nitrogens with zero attached hydrogens (tertiary/aromatic N) is 1. The predicted octanol–water partition coefficient (Wildman–Crippen LogP) is 3.87. The summed E-state index contributed by atoms with van der Waals surface area (Å²) in [6.45, 7) is 1.90. The number of ether oxygens (including phenoxy) is 2. The zero-order chi connectivity index (χ0) is 14.4. The van der Waals surface area contributed by atoms with Crippen molar-refractivity contribution >= 4 is 17.2 Å². The Morgan fingerprint density at radius 3 is 2.20 bits per heavy atom. The summed E-state index contributed by atoms with van der Waals surface area (Å²) >= 11 is 0. The van der Waals surface area contributed by atoms with E-state index in [1.54, 1.807) is 14.2 Å². The monoisotopic (exact) mass is 270 g/mol. The van der Waals surface area contributed by atoms with Crippen LogP contribution in [0.1, 0.15) is 6.92 Å². The first-order valence-corrected chi connectivity index (χ1v) is 6.33. The van der Waals surface area contributed by atoms with Crippen LogP contribution in [0, 0.1) is 0 Å². The molecule has 0 amide bonds. The molecule has 0 spiro atoms. The zero-order valence-electron chi connectivity index (χ0n) is 11.9. The van der Waals surface area contributed by atoms with E-state index in [1.165, 1.54) is 0 Å². The summed E-state index contributed by atoms with van der Waals surface area (Å²) in [6.07, 6.45) is 0. The quantitative estimate of drug-likeness (QED) is 0.677. The lowest BCUT2D eigenvalue weighted by atomic mass is 10.3. The van der Waals surface area contributed by atoms with Gasteiger partial charge in [-0.3, -0.25) is 0 Å². The average molecular weight is 270 g/mol. The van der Waals surface area contributed by atoms with Crippen LogP contribution in [-0.2, 0) is 0 Å². The van der Waals surface area contributed by atoms with Crippen molar-refractivity contribution in [1.82, 2.24) is 0 Å². The Balaban J connectivity index is 2.23. The summed E-state index contributed by atoms with van der Waals surface area (Å²) in [5, 5.41) is 3.23. The van der Waals surface area contributed by atoms with Crippen molar-refractivity contribution in [3.63, 3.8) is 0 Å². The molecule has 0 unspecified atom stereocenters. The van der Waals surface area contributed by atoms with Crippen molar-refractivity contribution in [1.29, 1.82) is 0 Å². The van der Waals surface area contributed by atoms with Crippen LogP contribution in [0.15, 0.2) is 53.5 Å². The summed E-state index contributed by atoms with van der Waals surface area (Å²) in [5.74, 6) is 2.29. The molecule has 2 aromatic carbocycles. The Kier molecular flexibility index (Phi) is 4.60. The van der Waals surface area contributed by atoms with E-state index in [0.717, 1.165) is 28.7 Å². The van der Waals surface area contributed by atoms with Crippen LogP contribution in [0.3, 0.4) is 0 Å². The molecule has 0 radical (unpaired) electrons. The Bertz CT molecular complexity index is 609. The lowest BCUT2D eigenvalue weighted by Crippen LogP contribution is -2.07. The van der Waals surface area contributed by atoms with Crippen LogP contribution in [0.2, 0.25) is 0 Å². The molecule has 0 fully saturated rings. The van der Waals surface area contributed by atoms with Crippen molar-refractivity contribution in [3.05, 3.63) is 48.5 Å². The van der Waals surface area contributed by atoms with Gasteiger partial charge >= 0.3 is 0 Å². The molecule has 0 aliphatic carbocycles. The maximum absolute atomic E-state index is 5.30. The van der Waals surface area contributed by atoms with E-state index in [0.29, 0.717) is 0 Å². The van der Waals surface area contributed by atoms with Crippen molar-refractivity contribution in [2.75, 3.05) is 19.5 Å². The fourth-order valence-corrected chi connectivity index (χ4v) is 1.87. The second-order valence-corrected chi connectivity index (χ2v) is 4.19. The lowest BCUT2D eigenvalue weighted by molar-refractivity contribution is 0.416. The number of hydrogen-bond donors (Lipinski definition) is 1. The van der Waals surface area contributed by atoms with Gasteiger partial charge in [-0.15, -0.1) is 0 Å². The molecule has 2 aromatic rings. The molecule has 0 aromatic heterocycles. The topological polar surface area (TPSA) is 42.8 Å². The lowest BCUT2D eigenvalue weighted by Gasteiger charge is -2.11. The van der Waals surface area contributed by atoms with Gasteiger partial charge in [-0.05, 0) is 31.2 Å². The number of aliphatic imine (C=N–C) groups is 1. The van der Waals surface area contributed by atoms with Gasteiger partial charge in [-0.2, -0.15) is 0 Å². The normalized spacial score (nSPS) is 11.1. The van der Waals surface area contributed by atoms with Gasteiger partial charge in [-0.25, -0.2) is 4.99 Å². The summed E-state index contributed by atoms with van der Waals surface area (Å²) in [6, 6.07) is 15.4. The van der Waals surface area contributed by atoms with Crippen LogP contribution in [-0.4, -0.2) is 20.1 Å². The molecule has 0 bridgehead atoms. The molecule has 0 saturated carbocycles. The third-order valence-electron chi connectivity index (χ3n) is 2.80. The fraction of sp³-hybridized carbons (Fsp3) is 0.188. The molecule has 1 N–H and O–H groups in total. The van der Waals surface area contributed by atoms with Crippen LogP contribution in [0.5, 0.6) is 11.5 Å². The Hall–Kier alpha value is -2.49. The molecular weight excluding hydrogens is 252 g/mol.